The van der Waals surface area contributed by atoms with Crippen LogP contribution in [0.5, 0.6) is 0 Å². The highest BCUT2D eigenvalue weighted by Gasteiger charge is 2.25. The van der Waals surface area contributed by atoms with Crippen molar-refractivity contribution in [1.82, 2.24) is 25.1 Å². The third-order valence-electron chi connectivity index (χ3n) is 4.65. The van der Waals surface area contributed by atoms with Crippen molar-refractivity contribution in [3.8, 4) is 10.6 Å². The fourth-order valence-electron chi connectivity index (χ4n) is 3.34. The normalized spacial score (nSPS) is 19.8. The number of aromatic nitrogens is 5. The predicted octanol–water partition coefficient (Wildman–Crippen LogP) is 3.31. The van der Waals surface area contributed by atoms with E-state index < -0.39 is 5.56 Å². The second-order valence-electron chi connectivity index (χ2n) is 6.26. The molecule has 3 N–H and O–H groups in total. The largest absolute Gasteiger partial charge is 0.353 e. The number of nitrogens with one attached hydrogen (secondary N) is 3. The van der Waals surface area contributed by atoms with Crippen molar-refractivity contribution < 1.29 is 0 Å². The van der Waals surface area contributed by atoms with Crippen molar-refractivity contribution in [2.75, 3.05) is 5.32 Å². The zero-order valence-corrected chi connectivity index (χ0v) is 14.7. The fraction of sp³-hybridized carbons (Fsp3) is 0.353. The molecule has 3 aromatic rings. The van der Waals surface area contributed by atoms with Crippen molar-refractivity contribution in [1.29, 1.82) is 0 Å². The van der Waals surface area contributed by atoms with Gasteiger partial charge in [-0.05, 0) is 37.1 Å². The lowest BCUT2D eigenvalue weighted by molar-refractivity contribution is 0.399. The monoisotopic (exact) mass is 367 g/mol. The zero-order valence-electron chi connectivity index (χ0n) is 13.9. The summed E-state index contributed by atoms with van der Waals surface area (Å²) < 4.78 is 0. The van der Waals surface area contributed by atoms with Crippen LogP contribution in [0.1, 0.15) is 37.4 Å². The first kappa shape index (κ1) is 16.5. The molecule has 0 bridgehead atoms. The Balaban J connectivity index is 1.51. The third-order valence-corrected chi connectivity index (χ3v) is 5.53. The van der Waals surface area contributed by atoms with Gasteiger partial charge in [-0.1, -0.05) is 6.07 Å². The van der Waals surface area contributed by atoms with Crippen LogP contribution in [-0.4, -0.2) is 31.2 Å². The number of thiophene rings is 1. The summed E-state index contributed by atoms with van der Waals surface area (Å²) in [6.07, 6.45) is 5.44. The van der Waals surface area contributed by atoms with Gasteiger partial charge in [0.1, 0.15) is 12.2 Å². The van der Waals surface area contributed by atoms with Gasteiger partial charge in [0.05, 0.1) is 12.3 Å². The van der Waals surface area contributed by atoms with Gasteiger partial charge in [0, 0.05) is 16.8 Å². The first-order valence-electron chi connectivity index (χ1n) is 8.42. The summed E-state index contributed by atoms with van der Waals surface area (Å²) in [6.45, 7) is 7.28. The molecular formula is C17H17N7OS. The van der Waals surface area contributed by atoms with Gasteiger partial charge in [0.2, 0.25) is 5.95 Å². The Morgan fingerprint density at radius 2 is 2.15 bits per heavy atom. The van der Waals surface area contributed by atoms with Gasteiger partial charge in [-0.25, -0.2) is 14.8 Å². The summed E-state index contributed by atoms with van der Waals surface area (Å²) in [6, 6.07) is 3.98. The van der Waals surface area contributed by atoms with Crippen molar-refractivity contribution in [2.24, 2.45) is 0 Å². The van der Waals surface area contributed by atoms with Gasteiger partial charge in [0.25, 0.3) is 11.2 Å². The molecule has 3 aromatic heterocycles. The quantitative estimate of drug-likeness (QED) is 0.614. The summed E-state index contributed by atoms with van der Waals surface area (Å²) in [4.78, 5) is 27.9. The number of hydrogen-bond acceptors (Lipinski definition) is 6. The molecule has 4 rings (SSSR count). The molecule has 0 saturated heterocycles. The average molecular weight is 367 g/mol. The molecule has 1 aliphatic rings. The van der Waals surface area contributed by atoms with Crippen LogP contribution in [0.25, 0.3) is 15.4 Å². The Morgan fingerprint density at radius 3 is 2.81 bits per heavy atom. The van der Waals surface area contributed by atoms with Crippen LogP contribution in [0.2, 0.25) is 0 Å². The summed E-state index contributed by atoms with van der Waals surface area (Å²) >= 11 is 1.47. The van der Waals surface area contributed by atoms with E-state index >= 15 is 0 Å². The van der Waals surface area contributed by atoms with Crippen molar-refractivity contribution in [2.45, 2.75) is 37.6 Å². The van der Waals surface area contributed by atoms with Gasteiger partial charge in [-0.15, -0.1) is 11.3 Å². The highest BCUT2D eigenvalue weighted by Crippen LogP contribution is 2.33. The molecule has 1 aliphatic carbocycles. The third kappa shape index (κ3) is 3.23. The molecular weight excluding hydrogens is 350 g/mol. The minimum Gasteiger partial charge on any atom is -0.353 e. The van der Waals surface area contributed by atoms with Crippen LogP contribution in [0.3, 0.4) is 0 Å². The minimum absolute atomic E-state index is 0.0343. The van der Waals surface area contributed by atoms with E-state index in [9.17, 15) is 4.79 Å². The molecule has 1 fully saturated rings. The Bertz CT molecular complexity index is 964. The molecule has 26 heavy (non-hydrogen) atoms. The van der Waals surface area contributed by atoms with Crippen molar-refractivity contribution in [3.05, 3.63) is 51.4 Å². The predicted molar refractivity (Wildman–Crippen MR) is 99.4 cm³/mol. The van der Waals surface area contributed by atoms with Crippen LogP contribution in [-0.2, 0) is 0 Å². The van der Waals surface area contributed by atoms with Crippen molar-refractivity contribution >= 4 is 23.0 Å². The molecule has 0 amide bonds. The van der Waals surface area contributed by atoms with Crippen LogP contribution in [0.4, 0.5) is 11.6 Å². The van der Waals surface area contributed by atoms with Crippen molar-refractivity contribution in [3.63, 3.8) is 0 Å². The first-order chi connectivity index (χ1) is 12.7. The lowest BCUT2D eigenvalue weighted by Crippen LogP contribution is -2.28. The molecule has 1 saturated carbocycles. The number of H-pyrrole nitrogens is 2. The maximum atomic E-state index is 12.3. The molecule has 0 radical (unpaired) electrons. The first-order valence-corrected chi connectivity index (χ1v) is 9.30. The summed E-state index contributed by atoms with van der Waals surface area (Å²) in [5, 5.41) is 12.1. The molecule has 132 valence electrons. The van der Waals surface area contributed by atoms with Gasteiger partial charge >= 0.3 is 0 Å². The average Bonchev–Trinajstić information content (AvgIpc) is 3.36. The SMILES string of the molecule is [C-]#[N+]c1c(-c2cccs2)nc(NC2CCC(c3ncn[nH]3)CC2)[nH]c1=O. The van der Waals surface area contributed by atoms with E-state index in [1.165, 1.54) is 11.3 Å². The Hall–Kier alpha value is -2.99. The Labute approximate surface area is 153 Å². The van der Waals surface area contributed by atoms with Crippen LogP contribution >= 0.6 is 11.3 Å². The molecule has 0 spiro atoms. The number of nitrogens with zero attached hydrogens (tertiary/aromatic N) is 4. The van der Waals surface area contributed by atoms with Gasteiger partial charge in [0.15, 0.2) is 0 Å². The standard InChI is InChI=1S/C17H17N7OS/c1-18-14-13(12-3-2-8-26-12)22-17(23-16(14)25)21-11-6-4-10(5-7-11)15-19-9-20-24-15/h2-3,8-11H,4-7H2,(H,19,20,24)(H2,21,22,23,25). The smallest absolute Gasteiger partial charge is 0.276 e. The summed E-state index contributed by atoms with van der Waals surface area (Å²) in [5.41, 5.74) is 0.0693. The second kappa shape index (κ2) is 7.09. The van der Waals surface area contributed by atoms with E-state index in [2.05, 4.69) is 35.3 Å². The molecule has 0 aliphatic heterocycles. The molecule has 8 nitrogen and oxygen atoms in total. The Morgan fingerprint density at radius 1 is 1.31 bits per heavy atom. The minimum atomic E-state index is -0.406. The van der Waals surface area contributed by atoms with Gasteiger partial charge in [-0.2, -0.15) is 5.10 Å². The van der Waals surface area contributed by atoms with E-state index in [1.54, 1.807) is 6.33 Å². The Kier molecular flexibility index (Phi) is 4.50. The van der Waals surface area contributed by atoms with E-state index in [0.717, 1.165) is 36.4 Å². The molecule has 0 atom stereocenters. The number of aromatic amines is 2. The summed E-state index contributed by atoms with van der Waals surface area (Å²) in [5.74, 6) is 1.76. The molecule has 9 heteroatoms. The van der Waals surface area contributed by atoms with Crippen LogP contribution in [0.15, 0.2) is 28.6 Å². The molecule has 0 unspecified atom stereocenters. The van der Waals surface area contributed by atoms with E-state index in [1.807, 2.05) is 17.5 Å². The summed E-state index contributed by atoms with van der Waals surface area (Å²) in [7, 11) is 0. The molecule has 0 aromatic carbocycles. The van der Waals surface area contributed by atoms with Crippen LogP contribution in [0, 0.1) is 6.57 Å². The highest BCUT2D eigenvalue weighted by atomic mass is 32.1. The lowest BCUT2D eigenvalue weighted by Gasteiger charge is -2.28. The zero-order chi connectivity index (χ0) is 17.9. The lowest BCUT2D eigenvalue weighted by atomic mass is 9.85. The highest BCUT2D eigenvalue weighted by molar-refractivity contribution is 7.13. The van der Waals surface area contributed by atoms with Gasteiger partial charge in [-0.3, -0.25) is 9.89 Å². The number of hydrogen-bond donors (Lipinski definition) is 3. The van der Waals surface area contributed by atoms with Crippen LogP contribution < -0.4 is 10.9 Å². The van der Waals surface area contributed by atoms with E-state index in [4.69, 9.17) is 6.57 Å². The second-order valence-corrected chi connectivity index (χ2v) is 7.21. The topological polar surface area (TPSA) is 104 Å². The number of rotatable bonds is 4. The molecule has 3 heterocycles. The number of anilines is 1. The fourth-order valence-corrected chi connectivity index (χ4v) is 4.06. The maximum Gasteiger partial charge on any atom is 0.276 e. The maximum absolute atomic E-state index is 12.3. The van der Waals surface area contributed by atoms with E-state index in [0.29, 0.717) is 17.6 Å². The van der Waals surface area contributed by atoms with E-state index in [-0.39, 0.29) is 11.7 Å². The van der Waals surface area contributed by atoms with Gasteiger partial charge < -0.3 is 10.3 Å².